The molecule has 154 valence electrons. The minimum atomic E-state index is -0.946. The van der Waals surface area contributed by atoms with Gasteiger partial charge in [0.1, 0.15) is 18.8 Å². The Bertz CT molecular complexity index is 680. The van der Waals surface area contributed by atoms with Crippen molar-refractivity contribution in [3.63, 3.8) is 0 Å². The second-order valence-electron chi connectivity index (χ2n) is 6.24. The van der Waals surface area contributed by atoms with Crippen molar-refractivity contribution >= 4 is 33.8 Å². The molecule has 0 spiro atoms. The zero-order chi connectivity index (χ0) is 20.7. The summed E-state index contributed by atoms with van der Waals surface area (Å²) in [5.41, 5.74) is 0.889. The maximum atomic E-state index is 11.7. The van der Waals surface area contributed by atoms with Gasteiger partial charge in [0.05, 0.1) is 6.61 Å². The first kappa shape index (κ1) is 22.3. The molecule has 5 atom stereocenters. The number of rotatable bonds is 7. The molecule has 0 bridgehead atoms. The van der Waals surface area contributed by atoms with E-state index in [-0.39, 0.29) is 13.2 Å². The fourth-order valence-corrected chi connectivity index (χ4v) is 3.49. The number of alkyl halides is 1. The molecular weight excluding hydrogens is 436 g/mol. The summed E-state index contributed by atoms with van der Waals surface area (Å²) in [6.45, 7) is 3.83. The Morgan fingerprint density at radius 2 is 1.54 bits per heavy atom. The minimum Gasteiger partial charge on any atom is -0.463 e. The van der Waals surface area contributed by atoms with Crippen molar-refractivity contribution in [3.8, 4) is 0 Å². The molecule has 0 saturated carbocycles. The van der Waals surface area contributed by atoms with Crippen molar-refractivity contribution in [2.45, 2.75) is 56.8 Å². The highest BCUT2D eigenvalue weighted by Crippen LogP contribution is 2.32. The van der Waals surface area contributed by atoms with Crippen LogP contribution in [0.4, 0.5) is 0 Å². The highest BCUT2D eigenvalue weighted by atomic mass is 79.9. The van der Waals surface area contributed by atoms with Crippen molar-refractivity contribution in [2.24, 2.45) is 0 Å². The van der Waals surface area contributed by atoms with Gasteiger partial charge in [-0.2, -0.15) is 0 Å². The Balaban J connectivity index is 2.26. The molecule has 1 fully saturated rings. The molecule has 1 aromatic carbocycles. The van der Waals surface area contributed by atoms with E-state index in [4.69, 9.17) is 23.7 Å². The predicted molar refractivity (Wildman–Crippen MR) is 100 cm³/mol. The molecule has 1 aliphatic heterocycles. The lowest BCUT2D eigenvalue weighted by Crippen LogP contribution is -2.60. The van der Waals surface area contributed by atoms with Crippen LogP contribution in [0.2, 0.25) is 0 Å². The van der Waals surface area contributed by atoms with E-state index in [1.165, 1.54) is 20.8 Å². The molecule has 0 aromatic heterocycles. The molecule has 1 heterocycles. The lowest BCUT2D eigenvalue weighted by atomic mass is 9.99. The Hall–Kier alpha value is -1.97. The molecule has 1 saturated heterocycles. The number of ether oxygens (including phenoxy) is 5. The monoisotopic (exact) mass is 458 g/mol. The first-order valence-electron chi connectivity index (χ1n) is 8.70. The number of carbonyl (C=O) groups excluding carboxylic acids is 3. The van der Waals surface area contributed by atoms with E-state index < -0.39 is 47.3 Å². The molecule has 0 radical (unpaired) electrons. The molecule has 8 nitrogen and oxygen atoms in total. The summed E-state index contributed by atoms with van der Waals surface area (Å²) >= 11 is 3.33. The van der Waals surface area contributed by atoms with Crippen molar-refractivity contribution in [3.05, 3.63) is 35.9 Å². The van der Waals surface area contributed by atoms with Crippen LogP contribution in [0.15, 0.2) is 30.3 Å². The molecule has 2 rings (SSSR count). The largest absolute Gasteiger partial charge is 0.463 e. The third kappa shape index (κ3) is 6.57. The second kappa shape index (κ2) is 10.5. The second-order valence-corrected chi connectivity index (χ2v) is 7.14. The third-order valence-corrected chi connectivity index (χ3v) is 4.65. The number of esters is 3. The SMILES string of the molecule is CC(=O)OCC1OC(Br)C(OC(C)=O)C(OCc2ccccc2)C1OC(C)=O. The zero-order valence-electron chi connectivity index (χ0n) is 15.8. The van der Waals surface area contributed by atoms with Gasteiger partial charge in [-0.25, -0.2) is 0 Å². The van der Waals surface area contributed by atoms with E-state index in [0.717, 1.165) is 5.56 Å². The van der Waals surface area contributed by atoms with Crippen LogP contribution < -0.4 is 0 Å². The van der Waals surface area contributed by atoms with Gasteiger partial charge < -0.3 is 23.7 Å². The molecule has 0 aliphatic carbocycles. The number of benzene rings is 1. The maximum Gasteiger partial charge on any atom is 0.303 e. The summed E-state index contributed by atoms with van der Waals surface area (Å²) in [6.07, 6.45) is -3.46. The van der Waals surface area contributed by atoms with Gasteiger partial charge in [0, 0.05) is 20.8 Å². The summed E-state index contributed by atoms with van der Waals surface area (Å²) < 4.78 is 27.5. The number of hydrogen-bond acceptors (Lipinski definition) is 8. The van der Waals surface area contributed by atoms with Crippen molar-refractivity contribution in [1.29, 1.82) is 0 Å². The molecule has 5 unspecified atom stereocenters. The molecule has 1 aromatic rings. The van der Waals surface area contributed by atoms with E-state index in [0.29, 0.717) is 0 Å². The Kier molecular flexibility index (Phi) is 8.40. The van der Waals surface area contributed by atoms with Gasteiger partial charge in [0.25, 0.3) is 0 Å². The fraction of sp³-hybridized carbons (Fsp3) is 0.526. The van der Waals surface area contributed by atoms with E-state index in [1.807, 2.05) is 30.3 Å². The predicted octanol–water partition coefficient (Wildman–Crippen LogP) is 2.12. The van der Waals surface area contributed by atoms with Crippen molar-refractivity contribution < 1.29 is 38.1 Å². The maximum absolute atomic E-state index is 11.7. The Labute approximate surface area is 171 Å². The Morgan fingerprint density at radius 3 is 2.11 bits per heavy atom. The average molecular weight is 459 g/mol. The van der Waals surface area contributed by atoms with Crippen LogP contribution in [0.5, 0.6) is 0 Å². The van der Waals surface area contributed by atoms with Gasteiger partial charge in [0.2, 0.25) is 0 Å². The van der Waals surface area contributed by atoms with Gasteiger partial charge in [-0.15, -0.1) is 0 Å². The molecule has 0 N–H and O–H groups in total. The van der Waals surface area contributed by atoms with Crippen LogP contribution in [0, 0.1) is 0 Å². The van der Waals surface area contributed by atoms with Gasteiger partial charge in [-0.05, 0) is 5.56 Å². The van der Waals surface area contributed by atoms with E-state index in [9.17, 15) is 14.4 Å². The molecule has 0 amide bonds. The van der Waals surface area contributed by atoms with Gasteiger partial charge in [-0.1, -0.05) is 46.3 Å². The van der Waals surface area contributed by atoms with Crippen LogP contribution in [0.1, 0.15) is 26.3 Å². The summed E-state index contributed by atoms with van der Waals surface area (Å²) in [4.78, 5) is 34.4. The van der Waals surface area contributed by atoms with Crippen LogP contribution in [0.25, 0.3) is 0 Å². The van der Waals surface area contributed by atoms with Crippen LogP contribution in [-0.2, 0) is 44.7 Å². The normalized spacial score (nSPS) is 26.9. The highest BCUT2D eigenvalue weighted by Gasteiger charge is 2.50. The molecule has 1 aliphatic rings. The fourth-order valence-electron chi connectivity index (χ4n) is 2.81. The number of halogens is 1. The van der Waals surface area contributed by atoms with E-state index in [2.05, 4.69) is 15.9 Å². The molecule has 9 heteroatoms. The summed E-state index contributed by atoms with van der Waals surface area (Å²) in [7, 11) is 0. The number of hydrogen-bond donors (Lipinski definition) is 0. The standard InChI is InChI=1S/C19H23BrO8/c1-11(21)24-10-15-16(26-12(2)22)17(18(19(20)28-15)27-13(3)23)25-9-14-7-5-4-6-8-14/h4-8,15-19H,9-10H2,1-3H3. The van der Waals surface area contributed by atoms with Gasteiger partial charge in [-0.3, -0.25) is 14.4 Å². The van der Waals surface area contributed by atoms with Crippen LogP contribution in [-0.4, -0.2) is 53.9 Å². The number of carbonyl (C=O) groups is 3. The lowest BCUT2D eigenvalue weighted by molar-refractivity contribution is -0.240. The molecular formula is C19H23BrO8. The van der Waals surface area contributed by atoms with Crippen molar-refractivity contribution in [1.82, 2.24) is 0 Å². The third-order valence-electron chi connectivity index (χ3n) is 3.92. The highest BCUT2D eigenvalue weighted by molar-refractivity contribution is 9.09. The first-order chi connectivity index (χ1) is 13.3. The lowest BCUT2D eigenvalue weighted by Gasteiger charge is -2.43. The zero-order valence-corrected chi connectivity index (χ0v) is 17.4. The quantitative estimate of drug-likeness (QED) is 0.348. The van der Waals surface area contributed by atoms with Crippen LogP contribution >= 0.6 is 15.9 Å². The van der Waals surface area contributed by atoms with Crippen molar-refractivity contribution in [2.75, 3.05) is 6.61 Å². The van der Waals surface area contributed by atoms with E-state index >= 15 is 0 Å². The molecule has 28 heavy (non-hydrogen) atoms. The van der Waals surface area contributed by atoms with Gasteiger partial charge in [0.15, 0.2) is 17.2 Å². The Morgan fingerprint density at radius 1 is 0.929 bits per heavy atom. The average Bonchev–Trinajstić information content (AvgIpc) is 2.62. The van der Waals surface area contributed by atoms with Gasteiger partial charge >= 0.3 is 17.9 Å². The van der Waals surface area contributed by atoms with Crippen LogP contribution in [0.3, 0.4) is 0 Å². The summed E-state index contributed by atoms with van der Waals surface area (Å²) in [5.74, 6) is -1.60. The summed E-state index contributed by atoms with van der Waals surface area (Å²) in [6, 6.07) is 9.37. The summed E-state index contributed by atoms with van der Waals surface area (Å²) in [5, 5.41) is -0.746. The first-order valence-corrected chi connectivity index (χ1v) is 9.62. The minimum absolute atomic E-state index is 0.145. The topological polar surface area (TPSA) is 97.4 Å². The smallest absolute Gasteiger partial charge is 0.303 e. The van der Waals surface area contributed by atoms with E-state index in [1.54, 1.807) is 0 Å².